The Balaban J connectivity index is 1.42. The van der Waals surface area contributed by atoms with Crippen molar-refractivity contribution in [3.8, 4) is 0 Å². The minimum atomic E-state index is -0.786. The lowest BCUT2D eigenvalue weighted by atomic mass is 9.78. The minimum Gasteiger partial charge on any atom is -0.389 e. The van der Waals surface area contributed by atoms with E-state index in [4.69, 9.17) is 0 Å². The first-order valence-corrected chi connectivity index (χ1v) is 9.53. The lowest BCUT2D eigenvalue weighted by molar-refractivity contribution is -0.132. The molecule has 0 radical (unpaired) electrons. The van der Waals surface area contributed by atoms with E-state index in [0.717, 1.165) is 12.5 Å². The van der Waals surface area contributed by atoms with Gasteiger partial charge in [0.25, 0.3) is 0 Å². The van der Waals surface area contributed by atoms with Crippen LogP contribution in [0.15, 0.2) is 0 Å². The van der Waals surface area contributed by atoms with Crippen molar-refractivity contribution in [2.45, 2.75) is 44.2 Å². The van der Waals surface area contributed by atoms with Crippen molar-refractivity contribution >= 4 is 17.6 Å². The van der Waals surface area contributed by atoms with Crippen molar-refractivity contribution in [2.24, 2.45) is 29.6 Å². The minimum absolute atomic E-state index is 0.0721. The van der Waals surface area contributed by atoms with Gasteiger partial charge in [-0.2, -0.15) is 0 Å². The number of aliphatic hydroxyl groups excluding tert-OH is 1. The molecule has 0 unspecified atom stereocenters. The van der Waals surface area contributed by atoms with Gasteiger partial charge in [0.15, 0.2) is 5.78 Å². The predicted molar refractivity (Wildman–Crippen MR) is 89.4 cm³/mol. The zero-order valence-electron chi connectivity index (χ0n) is 14.4. The number of aliphatic hydroxyl groups is 1. The Morgan fingerprint density at radius 2 is 2.04 bits per heavy atom. The van der Waals surface area contributed by atoms with E-state index in [-0.39, 0.29) is 30.2 Å². The highest BCUT2D eigenvalue weighted by atomic mass is 16.3. The molecular formula is C18H27N3O4. The Hall–Kier alpha value is -1.47. The Labute approximate surface area is 147 Å². The maximum Gasteiger partial charge on any atom is 0.238 e. The van der Waals surface area contributed by atoms with Crippen LogP contribution in [0.4, 0.5) is 0 Å². The molecule has 2 heterocycles. The van der Waals surface area contributed by atoms with Crippen LogP contribution >= 0.6 is 0 Å². The zero-order chi connectivity index (χ0) is 17.6. The summed E-state index contributed by atoms with van der Waals surface area (Å²) >= 11 is 0. The van der Waals surface area contributed by atoms with Crippen LogP contribution in [-0.4, -0.2) is 54.5 Å². The van der Waals surface area contributed by atoms with Gasteiger partial charge in [-0.3, -0.25) is 14.4 Å². The molecule has 2 aliphatic carbocycles. The fourth-order valence-electron chi connectivity index (χ4n) is 5.74. The second kappa shape index (κ2) is 6.68. The van der Waals surface area contributed by atoms with Crippen LogP contribution in [0.1, 0.15) is 32.1 Å². The van der Waals surface area contributed by atoms with Gasteiger partial charge in [0, 0.05) is 12.5 Å². The summed E-state index contributed by atoms with van der Waals surface area (Å²) in [6, 6.07) is -1.03. The Morgan fingerprint density at radius 3 is 2.76 bits per heavy atom. The molecule has 25 heavy (non-hydrogen) atoms. The molecule has 0 aromatic rings. The van der Waals surface area contributed by atoms with Crippen molar-refractivity contribution < 1.29 is 19.5 Å². The first kappa shape index (κ1) is 17.0. The van der Waals surface area contributed by atoms with E-state index >= 15 is 0 Å². The highest BCUT2D eigenvalue weighted by Gasteiger charge is 2.55. The number of amides is 2. The molecule has 4 fully saturated rings. The first-order valence-electron chi connectivity index (χ1n) is 9.53. The number of nitrogens with one attached hydrogen (secondary N) is 3. The van der Waals surface area contributed by atoms with E-state index in [1.54, 1.807) is 0 Å². The lowest BCUT2D eigenvalue weighted by Gasteiger charge is -2.28. The zero-order valence-corrected chi connectivity index (χ0v) is 14.4. The molecule has 138 valence electrons. The summed E-state index contributed by atoms with van der Waals surface area (Å²) in [6.07, 6.45) is 4.66. The number of fused-ring (bicyclic) bond motifs is 5. The van der Waals surface area contributed by atoms with Gasteiger partial charge in [-0.1, -0.05) is 0 Å². The van der Waals surface area contributed by atoms with Crippen molar-refractivity contribution in [2.75, 3.05) is 19.7 Å². The third-order valence-electron chi connectivity index (χ3n) is 6.94. The number of carbonyl (C=O) groups excluding carboxylic acids is 3. The highest BCUT2D eigenvalue weighted by molar-refractivity contribution is 5.92. The summed E-state index contributed by atoms with van der Waals surface area (Å²) in [5, 5.41) is 18.2. The van der Waals surface area contributed by atoms with E-state index in [0.29, 0.717) is 30.7 Å². The van der Waals surface area contributed by atoms with Gasteiger partial charge >= 0.3 is 0 Å². The summed E-state index contributed by atoms with van der Waals surface area (Å²) in [5.41, 5.74) is 0. The van der Waals surface area contributed by atoms with Gasteiger partial charge in [-0.25, -0.2) is 0 Å². The Kier molecular flexibility index (Phi) is 4.54. The number of carbonyl (C=O) groups is 3. The average Bonchev–Trinajstić information content (AvgIpc) is 3.36. The van der Waals surface area contributed by atoms with Crippen LogP contribution in [0, 0.1) is 29.6 Å². The average molecular weight is 349 g/mol. The largest absolute Gasteiger partial charge is 0.389 e. The second-order valence-corrected chi connectivity index (χ2v) is 8.16. The highest BCUT2D eigenvalue weighted by Crippen LogP contribution is 2.55. The van der Waals surface area contributed by atoms with E-state index < -0.39 is 18.4 Å². The summed E-state index contributed by atoms with van der Waals surface area (Å²) in [5.74, 6) is 1.41. The molecule has 7 heteroatoms. The Morgan fingerprint density at radius 1 is 1.24 bits per heavy atom. The number of hydrogen-bond acceptors (Lipinski definition) is 5. The number of rotatable bonds is 6. The van der Waals surface area contributed by atoms with E-state index in [1.807, 2.05) is 0 Å². The summed E-state index contributed by atoms with van der Waals surface area (Å²) in [7, 11) is 0. The van der Waals surface area contributed by atoms with Crippen LogP contribution < -0.4 is 16.0 Å². The number of ketones is 1. The molecule has 4 rings (SSSR count). The van der Waals surface area contributed by atoms with E-state index in [1.165, 1.54) is 19.3 Å². The van der Waals surface area contributed by atoms with E-state index in [2.05, 4.69) is 16.0 Å². The van der Waals surface area contributed by atoms with Crippen LogP contribution in [0.3, 0.4) is 0 Å². The van der Waals surface area contributed by atoms with Gasteiger partial charge in [0.1, 0.15) is 6.61 Å². The molecule has 0 spiro atoms. The topological polar surface area (TPSA) is 108 Å². The van der Waals surface area contributed by atoms with Gasteiger partial charge < -0.3 is 21.1 Å². The first-order chi connectivity index (χ1) is 12.1. The summed E-state index contributed by atoms with van der Waals surface area (Å²) in [4.78, 5) is 36.7. The molecule has 2 aliphatic heterocycles. The van der Waals surface area contributed by atoms with Gasteiger partial charge in [-0.15, -0.1) is 0 Å². The van der Waals surface area contributed by atoms with Gasteiger partial charge in [-0.05, 0) is 62.3 Å². The third-order valence-corrected chi connectivity index (χ3v) is 6.94. The molecule has 2 saturated heterocycles. The van der Waals surface area contributed by atoms with Crippen LogP contribution in [0.5, 0.6) is 0 Å². The predicted octanol–water partition coefficient (Wildman–Crippen LogP) is -0.807. The van der Waals surface area contributed by atoms with Gasteiger partial charge in [0.05, 0.1) is 12.1 Å². The standard InChI is InChI=1S/C18H27N3O4/c22-8-14(23)13(6-11-3-4-19-17(11)24)21-18(25)16-15-10-2-1-9(5-10)12(15)7-20-16/h9-13,15-16,20,22H,1-8H2,(H,19,24)(H,21,25)/t9-,10+,11+,12-,13+,15+,16+/m1/s1. The normalized spacial score (nSPS) is 40.0. The van der Waals surface area contributed by atoms with Crippen molar-refractivity contribution in [3.05, 3.63) is 0 Å². The summed E-state index contributed by atoms with van der Waals surface area (Å²) in [6.45, 7) is 0.871. The second-order valence-electron chi connectivity index (χ2n) is 8.16. The Bertz CT molecular complexity index is 581. The fraction of sp³-hybridized carbons (Fsp3) is 0.833. The van der Waals surface area contributed by atoms with Crippen molar-refractivity contribution in [1.82, 2.24) is 16.0 Å². The lowest BCUT2D eigenvalue weighted by Crippen LogP contribution is -2.52. The van der Waals surface area contributed by atoms with E-state index in [9.17, 15) is 19.5 Å². The maximum absolute atomic E-state index is 12.8. The van der Waals surface area contributed by atoms with Gasteiger partial charge in [0.2, 0.25) is 11.8 Å². The molecule has 4 N–H and O–H groups in total. The summed E-state index contributed by atoms with van der Waals surface area (Å²) < 4.78 is 0. The molecule has 2 amide bonds. The molecule has 0 aromatic heterocycles. The maximum atomic E-state index is 12.8. The third kappa shape index (κ3) is 2.97. The fourth-order valence-corrected chi connectivity index (χ4v) is 5.74. The van der Waals surface area contributed by atoms with Crippen molar-refractivity contribution in [1.29, 1.82) is 0 Å². The molecular weight excluding hydrogens is 322 g/mol. The van der Waals surface area contributed by atoms with Crippen LogP contribution in [0.25, 0.3) is 0 Å². The SMILES string of the molecule is O=C1NCC[C@H]1C[C@H](NC(=O)[C@H]1NC[C@@H]2[C@@H]3CC[C@@H](C3)[C@@H]21)C(=O)CO. The molecule has 7 nitrogen and oxygen atoms in total. The molecule has 2 bridgehead atoms. The molecule has 2 saturated carbocycles. The van der Waals surface area contributed by atoms with Crippen molar-refractivity contribution in [3.63, 3.8) is 0 Å². The van der Waals surface area contributed by atoms with Crippen LogP contribution in [-0.2, 0) is 14.4 Å². The smallest absolute Gasteiger partial charge is 0.238 e. The van der Waals surface area contributed by atoms with Crippen LogP contribution in [0.2, 0.25) is 0 Å². The monoisotopic (exact) mass is 349 g/mol. The molecule has 4 aliphatic rings. The quantitative estimate of drug-likeness (QED) is 0.502. The molecule has 7 atom stereocenters. The number of Topliss-reactive ketones (excluding diaryl/α,β-unsaturated/α-hetero) is 1. The molecule has 0 aromatic carbocycles. The number of hydrogen-bond donors (Lipinski definition) is 4.